The Labute approximate surface area is 99.0 Å². The molecule has 0 fully saturated rings. The zero-order valence-electron chi connectivity index (χ0n) is 7.90. The van der Waals surface area contributed by atoms with Crippen LogP contribution in [-0.4, -0.2) is 25.5 Å². The fourth-order valence-corrected chi connectivity index (χ4v) is 1.97. The van der Waals surface area contributed by atoms with Crippen molar-refractivity contribution in [3.8, 4) is 0 Å². The molecule has 0 aliphatic rings. The topological polar surface area (TPSA) is 3.24 Å². The molecule has 3 heteroatoms. The van der Waals surface area contributed by atoms with Crippen molar-refractivity contribution in [1.82, 2.24) is 4.90 Å². The Balaban J connectivity index is 0.00000144. The molecule has 74 valence electrons. The van der Waals surface area contributed by atoms with Crippen LogP contribution in [0.2, 0.25) is 0 Å². The highest BCUT2D eigenvalue weighted by Gasteiger charge is 2.06. The highest BCUT2D eigenvalue weighted by molar-refractivity contribution is 9.09. The van der Waals surface area contributed by atoms with Gasteiger partial charge in [0.15, 0.2) is 0 Å². The minimum Gasteiger partial charge on any atom is -0.308 e. The summed E-state index contributed by atoms with van der Waals surface area (Å²) in [5, 5.41) is 0. The Morgan fingerprint density at radius 1 is 1.23 bits per heavy atom. The van der Waals surface area contributed by atoms with Crippen LogP contribution in [-0.2, 0) is 0 Å². The fourth-order valence-electron chi connectivity index (χ4n) is 1.09. The van der Waals surface area contributed by atoms with Gasteiger partial charge in [-0.05, 0) is 19.7 Å². The van der Waals surface area contributed by atoms with Gasteiger partial charge in [-0.15, -0.1) is 17.0 Å². The van der Waals surface area contributed by atoms with Crippen LogP contribution >= 0.6 is 32.9 Å². The molecule has 0 aromatic heterocycles. The molecule has 13 heavy (non-hydrogen) atoms. The molecule has 1 rings (SSSR count). The van der Waals surface area contributed by atoms with Gasteiger partial charge in [-0.1, -0.05) is 46.3 Å². The first kappa shape index (κ1) is 13.1. The maximum atomic E-state index is 3.64. The SMILES string of the molecule is Br.CN(C)CC(Br)c1ccccc1. The third kappa shape index (κ3) is 4.79. The molecule has 1 aromatic carbocycles. The third-order valence-corrected chi connectivity index (χ3v) is 2.50. The molecule has 1 unspecified atom stereocenters. The number of alkyl halides is 1. The molecule has 1 atom stereocenters. The Bertz CT molecular complexity index is 224. The lowest BCUT2D eigenvalue weighted by molar-refractivity contribution is 0.412. The van der Waals surface area contributed by atoms with Crippen LogP contribution in [0.15, 0.2) is 30.3 Å². The molecule has 0 spiro atoms. The van der Waals surface area contributed by atoms with Gasteiger partial charge < -0.3 is 4.90 Å². The van der Waals surface area contributed by atoms with Crippen molar-refractivity contribution in [3.05, 3.63) is 35.9 Å². The van der Waals surface area contributed by atoms with E-state index in [1.165, 1.54) is 5.56 Å². The zero-order chi connectivity index (χ0) is 8.97. The summed E-state index contributed by atoms with van der Waals surface area (Å²) in [5.74, 6) is 0. The van der Waals surface area contributed by atoms with Gasteiger partial charge in [0, 0.05) is 6.54 Å². The molecule has 0 radical (unpaired) electrons. The molecule has 1 aromatic rings. The number of likely N-dealkylation sites (N-methyl/N-ethyl adjacent to an activating group) is 1. The van der Waals surface area contributed by atoms with Crippen molar-refractivity contribution in [1.29, 1.82) is 0 Å². The summed E-state index contributed by atoms with van der Waals surface area (Å²) >= 11 is 3.64. The normalized spacial score (nSPS) is 12.3. The van der Waals surface area contributed by atoms with E-state index in [2.05, 4.69) is 59.2 Å². The van der Waals surface area contributed by atoms with Gasteiger partial charge in [-0.2, -0.15) is 0 Å². The van der Waals surface area contributed by atoms with Crippen molar-refractivity contribution in [2.75, 3.05) is 20.6 Å². The van der Waals surface area contributed by atoms with Gasteiger partial charge in [0.25, 0.3) is 0 Å². The Morgan fingerprint density at radius 2 is 1.77 bits per heavy atom. The molecule has 0 amide bonds. The Hall–Kier alpha value is 0.140. The van der Waals surface area contributed by atoms with Crippen molar-refractivity contribution >= 4 is 32.9 Å². The van der Waals surface area contributed by atoms with Crippen molar-refractivity contribution in [2.45, 2.75) is 4.83 Å². The smallest absolute Gasteiger partial charge is 0.0522 e. The number of nitrogens with zero attached hydrogens (tertiary/aromatic N) is 1. The van der Waals surface area contributed by atoms with E-state index in [0.717, 1.165) is 6.54 Å². The van der Waals surface area contributed by atoms with Gasteiger partial charge in [-0.25, -0.2) is 0 Å². The number of rotatable bonds is 3. The second-order valence-electron chi connectivity index (χ2n) is 3.14. The lowest BCUT2D eigenvalue weighted by Gasteiger charge is -2.15. The van der Waals surface area contributed by atoms with Crippen molar-refractivity contribution in [3.63, 3.8) is 0 Å². The van der Waals surface area contributed by atoms with Crippen molar-refractivity contribution in [2.24, 2.45) is 0 Å². The number of benzene rings is 1. The molecular formula is C10H15Br2N. The van der Waals surface area contributed by atoms with E-state index in [4.69, 9.17) is 0 Å². The first-order valence-corrected chi connectivity index (χ1v) is 4.95. The summed E-state index contributed by atoms with van der Waals surface area (Å²) in [6.07, 6.45) is 0. The average molecular weight is 309 g/mol. The molecular weight excluding hydrogens is 294 g/mol. The minimum absolute atomic E-state index is 0. The van der Waals surface area contributed by atoms with E-state index in [0.29, 0.717) is 4.83 Å². The predicted molar refractivity (Wildman–Crippen MR) is 67.0 cm³/mol. The van der Waals surface area contributed by atoms with E-state index in [-0.39, 0.29) is 17.0 Å². The standard InChI is InChI=1S/C10H14BrN.BrH/c1-12(2)8-10(11)9-6-4-3-5-7-9;/h3-7,10H,8H2,1-2H3;1H. The van der Waals surface area contributed by atoms with Crippen LogP contribution in [0, 0.1) is 0 Å². The summed E-state index contributed by atoms with van der Waals surface area (Å²) in [4.78, 5) is 2.61. The lowest BCUT2D eigenvalue weighted by Crippen LogP contribution is -2.16. The van der Waals surface area contributed by atoms with Gasteiger partial charge in [0.1, 0.15) is 0 Å². The molecule has 0 aliphatic carbocycles. The molecule has 0 heterocycles. The van der Waals surface area contributed by atoms with Crippen LogP contribution in [0.4, 0.5) is 0 Å². The molecule has 0 bridgehead atoms. The second-order valence-corrected chi connectivity index (χ2v) is 4.25. The molecule has 0 N–H and O–H groups in total. The molecule has 1 nitrogen and oxygen atoms in total. The first-order chi connectivity index (χ1) is 5.70. The average Bonchev–Trinajstić information content (AvgIpc) is 2.05. The Morgan fingerprint density at radius 3 is 2.23 bits per heavy atom. The van der Waals surface area contributed by atoms with E-state index < -0.39 is 0 Å². The van der Waals surface area contributed by atoms with Crippen LogP contribution < -0.4 is 0 Å². The van der Waals surface area contributed by atoms with E-state index in [1.807, 2.05) is 6.07 Å². The summed E-state index contributed by atoms with van der Waals surface area (Å²) in [7, 11) is 4.16. The van der Waals surface area contributed by atoms with Crippen molar-refractivity contribution < 1.29 is 0 Å². The first-order valence-electron chi connectivity index (χ1n) is 4.04. The number of halogens is 2. The third-order valence-electron chi connectivity index (χ3n) is 1.69. The summed E-state index contributed by atoms with van der Waals surface area (Å²) in [5.41, 5.74) is 1.34. The monoisotopic (exact) mass is 307 g/mol. The maximum Gasteiger partial charge on any atom is 0.0522 e. The highest BCUT2D eigenvalue weighted by Crippen LogP contribution is 2.22. The van der Waals surface area contributed by atoms with Gasteiger partial charge in [-0.3, -0.25) is 0 Å². The quantitative estimate of drug-likeness (QED) is 0.775. The number of hydrogen-bond donors (Lipinski definition) is 0. The highest BCUT2D eigenvalue weighted by atomic mass is 79.9. The lowest BCUT2D eigenvalue weighted by atomic mass is 10.1. The van der Waals surface area contributed by atoms with Gasteiger partial charge >= 0.3 is 0 Å². The fraction of sp³-hybridized carbons (Fsp3) is 0.400. The largest absolute Gasteiger partial charge is 0.308 e. The molecule has 0 saturated carbocycles. The maximum absolute atomic E-state index is 3.64. The summed E-state index contributed by atoms with van der Waals surface area (Å²) < 4.78 is 0. The van der Waals surface area contributed by atoms with E-state index in [1.54, 1.807) is 0 Å². The van der Waals surface area contributed by atoms with Crippen LogP contribution in [0.5, 0.6) is 0 Å². The van der Waals surface area contributed by atoms with Gasteiger partial charge in [0.05, 0.1) is 4.83 Å². The van der Waals surface area contributed by atoms with E-state index in [9.17, 15) is 0 Å². The second kappa shape index (κ2) is 6.57. The zero-order valence-corrected chi connectivity index (χ0v) is 11.2. The Kier molecular flexibility index (Phi) is 6.64. The molecule has 0 aliphatic heterocycles. The summed E-state index contributed by atoms with van der Waals surface area (Å²) in [6, 6.07) is 10.5. The van der Waals surface area contributed by atoms with Crippen LogP contribution in [0.3, 0.4) is 0 Å². The van der Waals surface area contributed by atoms with E-state index >= 15 is 0 Å². The summed E-state index contributed by atoms with van der Waals surface area (Å²) in [6.45, 7) is 1.03. The molecule has 0 saturated heterocycles. The van der Waals surface area contributed by atoms with Crippen LogP contribution in [0.25, 0.3) is 0 Å². The predicted octanol–water partition coefficient (Wildman–Crippen LogP) is 3.26. The van der Waals surface area contributed by atoms with Gasteiger partial charge in [0.2, 0.25) is 0 Å². The minimum atomic E-state index is 0. The van der Waals surface area contributed by atoms with Crippen LogP contribution in [0.1, 0.15) is 10.4 Å². The number of hydrogen-bond acceptors (Lipinski definition) is 1.